The fourth-order valence-electron chi connectivity index (χ4n) is 6.89. The van der Waals surface area contributed by atoms with Crippen LogP contribution in [0.25, 0.3) is 0 Å². The third-order valence-electron chi connectivity index (χ3n) is 10.1. The van der Waals surface area contributed by atoms with Crippen LogP contribution in [0.1, 0.15) is 36.2 Å². The van der Waals surface area contributed by atoms with Crippen LogP contribution in [0.15, 0.2) is 54.6 Å². The number of hydrogen-bond acceptors (Lipinski definition) is 19. The number of carbonyl (C=O) groups is 2. The quantitative estimate of drug-likeness (QED) is 0.0581. The number of benzene rings is 2. The smallest absolute Gasteiger partial charge is 0.329 e. The van der Waals surface area contributed by atoms with E-state index in [1.54, 1.807) is 56.3 Å². The molecular weight excluding hydrogens is 772 g/mol. The minimum atomic E-state index is -2.05. The van der Waals surface area contributed by atoms with E-state index in [0.29, 0.717) is 0 Å². The van der Waals surface area contributed by atoms with Crippen molar-refractivity contribution in [3.05, 3.63) is 65.7 Å². The van der Waals surface area contributed by atoms with Gasteiger partial charge in [-0.1, -0.05) is 56.3 Å². The van der Waals surface area contributed by atoms with Gasteiger partial charge in [0.2, 0.25) is 0 Å². The summed E-state index contributed by atoms with van der Waals surface area (Å²) in [5.74, 6) is -2.03. The number of para-hydroxylation sites is 1. The number of nitrogens with two attached hydrogens (primary N) is 1. The molecule has 58 heavy (non-hydrogen) atoms. The maximum atomic E-state index is 14.0. The molecule has 20 nitrogen and oxygen atoms in total. The van der Waals surface area contributed by atoms with Gasteiger partial charge in [-0.25, -0.2) is 4.79 Å². The topological polar surface area (TPSA) is 319 Å². The monoisotopic (exact) mass is 826 g/mol. The second-order valence-corrected chi connectivity index (χ2v) is 14.8. The zero-order chi connectivity index (χ0) is 42.3. The summed E-state index contributed by atoms with van der Waals surface area (Å²) in [7, 11) is 0. The Morgan fingerprint density at radius 1 is 0.672 bits per heavy atom. The third-order valence-corrected chi connectivity index (χ3v) is 10.1. The maximum Gasteiger partial charge on any atom is 0.329 e. The Balaban J connectivity index is 1.42. The van der Waals surface area contributed by atoms with Crippen LogP contribution in [0.4, 0.5) is 5.69 Å². The number of amides is 1. The summed E-state index contributed by atoms with van der Waals surface area (Å²) < 4.78 is 40.5. The standard InChI is InChI=1S/C38H54N2O18/c1-17(2)12-21(40-34(50)19-10-6-7-11-20(19)39)35(51)56-33-30(49)32(57-37-28(47)26(45)25(44)22(13-41)53-37)24(15-43)55-38(33)58-31-23(14-42)54-36(29(48)27(31)46)52-16-18-8-4-3-5-9-18/h3-11,17,21-33,36-38,41-49H,12-16,39H2,1-2H3,(H,40,50)/t21-,22+,23+,24+,25+,26-,27+,28+,29+,30-,31+,32+,33+,36+,37+,38+/m0/s1. The number of rotatable bonds is 16. The molecular formula is C38H54N2O18. The van der Waals surface area contributed by atoms with Gasteiger partial charge in [0.1, 0.15) is 73.2 Å². The van der Waals surface area contributed by atoms with E-state index in [0.717, 1.165) is 5.56 Å². The molecule has 1 amide bonds. The van der Waals surface area contributed by atoms with Crippen LogP contribution < -0.4 is 11.1 Å². The molecule has 2 aromatic carbocycles. The molecule has 0 saturated carbocycles. The third kappa shape index (κ3) is 10.7. The minimum absolute atomic E-state index is 0.0227. The minimum Gasteiger partial charge on any atom is -0.453 e. The van der Waals surface area contributed by atoms with Gasteiger partial charge in [0, 0.05) is 5.69 Å². The molecule has 20 heteroatoms. The van der Waals surface area contributed by atoms with Gasteiger partial charge in [-0.05, 0) is 30.0 Å². The number of nitrogens with one attached hydrogen (secondary N) is 1. The van der Waals surface area contributed by atoms with Gasteiger partial charge in [0.25, 0.3) is 5.91 Å². The van der Waals surface area contributed by atoms with Crippen molar-refractivity contribution in [2.45, 2.75) is 125 Å². The SMILES string of the molecule is CC(C)C[C@H](NC(=O)c1ccccc1N)C(=O)O[C@H]1[C@@H](O[C@H]2[C@H](O)[C@@H](O)[C@H](OCc3ccccc3)O[C@@H]2CO)O[C@H](CO)[C@@H](O[C@H]2O[C@H](CO)[C@@H](O)[C@H](O)[C@H]2O)[C@@H]1O. The van der Waals surface area contributed by atoms with Gasteiger partial charge in [-0.3, -0.25) is 4.79 Å². The van der Waals surface area contributed by atoms with Gasteiger partial charge < -0.3 is 90.2 Å². The van der Waals surface area contributed by atoms with Crippen LogP contribution in [-0.4, -0.2) is 176 Å². The molecule has 3 fully saturated rings. The van der Waals surface area contributed by atoms with Crippen LogP contribution in [0, 0.1) is 5.92 Å². The number of carbonyl (C=O) groups excluding carboxylic acids is 2. The van der Waals surface area contributed by atoms with E-state index >= 15 is 0 Å². The summed E-state index contributed by atoms with van der Waals surface area (Å²) in [4.78, 5) is 27.3. The van der Waals surface area contributed by atoms with Gasteiger partial charge in [-0.2, -0.15) is 0 Å². The number of ether oxygens (including phenoxy) is 7. The number of hydrogen-bond donors (Lipinski definition) is 11. The van der Waals surface area contributed by atoms with Crippen molar-refractivity contribution in [2.24, 2.45) is 5.92 Å². The highest BCUT2D eigenvalue weighted by Crippen LogP contribution is 2.34. The molecule has 3 saturated heterocycles. The molecule has 12 N–H and O–H groups in total. The first-order valence-corrected chi connectivity index (χ1v) is 18.9. The first-order chi connectivity index (χ1) is 27.7. The average Bonchev–Trinajstić information content (AvgIpc) is 3.21. The van der Waals surface area contributed by atoms with E-state index in [4.69, 9.17) is 38.9 Å². The Morgan fingerprint density at radius 2 is 1.22 bits per heavy atom. The summed E-state index contributed by atoms with van der Waals surface area (Å²) in [6, 6.07) is 13.6. The summed E-state index contributed by atoms with van der Waals surface area (Å²) in [5, 5.41) is 98.5. The molecule has 0 aliphatic carbocycles. The second-order valence-electron chi connectivity index (χ2n) is 14.8. The Kier molecular flexibility index (Phi) is 16.3. The molecule has 16 atom stereocenters. The Hall–Kier alpha value is -3.42. The summed E-state index contributed by atoms with van der Waals surface area (Å²) >= 11 is 0. The van der Waals surface area contributed by atoms with Crippen molar-refractivity contribution < 1.29 is 88.7 Å². The lowest BCUT2D eigenvalue weighted by atomic mass is 9.95. The molecule has 3 heterocycles. The highest BCUT2D eigenvalue weighted by Gasteiger charge is 2.55. The van der Waals surface area contributed by atoms with Crippen molar-refractivity contribution in [3.63, 3.8) is 0 Å². The highest BCUT2D eigenvalue weighted by atomic mass is 16.8. The second kappa shape index (κ2) is 20.7. The first kappa shape index (κ1) is 45.7. The van der Waals surface area contributed by atoms with Crippen LogP contribution in [0.5, 0.6) is 0 Å². The summed E-state index contributed by atoms with van der Waals surface area (Å²) in [6.45, 7) is 0.977. The number of esters is 1. The van der Waals surface area contributed by atoms with E-state index < -0.39 is 130 Å². The summed E-state index contributed by atoms with van der Waals surface area (Å²) in [6.07, 6.45) is -26.2. The maximum absolute atomic E-state index is 14.0. The Labute approximate surface area is 333 Å². The predicted molar refractivity (Wildman–Crippen MR) is 196 cm³/mol. The molecule has 5 rings (SSSR count). The van der Waals surface area contributed by atoms with Crippen LogP contribution in [0.2, 0.25) is 0 Å². The largest absolute Gasteiger partial charge is 0.453 e. The van der Waals surface area contributed by atoms with Crippen molar-refractivity contribution in [3.8, 4) is 0 Å². The first-order valence-electron chi connectivity index (χ1n) is 18.9. The van der Waals surface area contributed by atoms with E-state index in [1.807, 2.05) is 0 Å². The van der Waals surface area contributed by atoms with Crippen molar-refractivity contribution in [1.29, 1.82) is 0 Å². The molecule has 3 aliphatic rings. The molecule has 0 radical (unpaired) electrons. The van der Waals surface area contributed by atoms with Crippen molar-refractivity contribution in [1.82, 2.24) is 5.32 Å². The van der Waals surface area contributed by atoms with Gasteiger partial charge in [0.15, 0.2) is 25.0 Å². The predicted octanol–water partition coefficient (Wildman–Crippen LogP) is -3.37. The van der Waals surface area contributed by atoms with Crippen molar-refractivity contribution in [2.75, 3.05) is 25.6 Å². The molecule has 0 aromatic heterocycles. The van der Waals surface area contributed by atoms with E-state index in [1.165, 1.54) is 12.1 Å². The lowest BCUT2D eigenvalue weighted by Gasteiger charge is -2.48. The zero-order valence-electron chi connectivity index (χ0n) is 31.8. The Bertz CT molecular complexity index is 1600. The fraction of sp³-hybridized carbons (Fsp3) is 0.632. The van der Waals surface area contributed by atoms with E-state index in [2.05, 4.69) is 5.32 Å². The molecule has 2 aromatic rings. The van der Waals surface area contributed by atoms with Crippen LogP contribution >= 0.6 is 0 Å². The Morgan fingerprint density at radius 3 is 1.84 bits per heavy atom. The van der Waals surface area contributed by atoms with Gasteiger partial charge in [0.05, 0.1) is 32.0 Å². The normalized spacial score (nSPS) is 36.0. The highest BCUT2D eigenvalue weighted by molar-refractivity contribution is 6.00. The molecule has 0 spiro atoms. The lowest BCUT2D eigenvalue weighted by Crippen LogP contribution is -2.67. The van der Waals surface area contributed by atoms with Crippen LogP contribution in [-0.2, 0) is 44.6 Å². The van der Waals surface area contributed by atoms with Gasteiger partial charge >= 0.3 is 5.97 Å². The average molecular weight is 827 g/mol. The number of aliphatic hydroxyl groups is 9. The molecule has 3 aliphatic heterocycles. The number of aliphatic hydroxyl groups excluding tert-OH is 9. The summed E-state index contributed by atoms with van der Waals surface area (Å²) in [5.41, 5.74) is 6.90. The lowest BCUT2D eigenvalue weighted by molar-refractivity contribution is -0.380. The van der Waals surface area contributed by atoms with E-state index in [9.17, 15) is 55.5 Å². The molecule has 0 bridgehead atoms. The van der Waals surface area contributed by atoms with Gasteiger partial charge in [-0.15, -0.1) is 0 Å². The van der Waals surface area contributed by atoms with Crippen LogP contribution in [0.3, 0.4) is 0 Å². The zero-order valence-corrected chi connectivity index (χ0v) is 31.8. The molecule has 324 valence electrons. The fourth-order valence-corrected chi connectivity index (χ4v) is 6.89. The van der Waals surface area contributed by atoms with Crippen molar-refractivity contribution >= 4 is 17.6 Å². The van der Waals surface area contributed by atoms with E-state index in [-0.39, 0.29) is 30.2 Å². The molecule has 0 unspecified atom stereocenters. The number of nitrogen functional groups attached to an aromatic ring is 1. The number of anilines is 1.